The molecular formula is C22H26N2O4. The lowest BCUT2D eigenvalue weighted by molar-refractivity contribution is -0.116. The van der Waals surface area contributed by atoms with E-state index in [1.54, 1.807) is 17.9 Å². The van der Waals surface area contributed by atoms with Crippen molar-refractivity contribution in [2.24, 2.45) is 0 Å². The van der Waals surface area contributed by atoms with Gasteiger partial charge in [-0.2, -0.15) is 0 Å². The number of anilines is 2. The maximum atomic E-state index is 12.6. The van der Waals surface area contributed by atoms with Crippen LogP contribution in [0, 0.1) is 0 Å². The molecule has 0 radical (unpaired) electrons. The van der Waals surface area contributed by atoms with Crippen molar-refractivity contribution in [3.05, 3.63) is 59.2 Å². The molecule has 0 saturated carbocycles. The summed E-state index contributed by atoms with van der Waals surface area (Å²) < 4.78 is 10.8. The number of nitrogens with zero attached hydrogens (tertiary/aromatic N) is 1. The summed E-state index contributed by atoms with van der Waals surface area (Å²) in [4.78, 5) is 26.0. The first-order chi connectivity index (χ1) is 13.6. The summed E-state index contributed by atoms with van der Waals surface area (Å²) >= 11 is 0. The van der Waals surface area contributed by atoms with Crippen molar-refractivity contribution in [1.29, 1.82) is 0 Å². The van der Waals surface area contributed by atoms with Crippen molar-refractivity contribution >= 4 is 23.2 Å². The zero-order chi connectivity index (χ0) is 19.9. The molecule has 0 aromatic heterocycles. The number of amides is 2. The van der Waals surface area contributed by atoms with Gasteiger partial charge in [0, 0.05) is 37.0 Å². The zero-order valence-corrected chi connectivity index (χ0v) is 16.4. The molecule has 2 aromatic rings. The van der Waals surface area contributed by atoms with Gasteiger partial charge in [-0.3, -0.25) is 9.59 Å². The molecular weight excluding hydrogens is 356 g/mol. The Bertz CT molecular complexity index is 850. The molecule has 0 saturated heterocycles. The number of carbonyl (C=O) groups is 2. The molecule has 0 unspecified atom stereocenters. The second kappa shape index (κ2) is 9.48. The van der Waals surface area contributed by atoms with E-state index in [0.717, 1.165) is 28.9 Å². The number of hydrogen-bond acceptors (Lipinski definition) is 4. The molecule has 0 bridgehead atoms. The molecule has 2 amide bonds. The van der Waals surface area contributed by atoms with Gasteiger partial charge in [0.05, 0.1) is 19.8 Å². The van der Waals surface area contributed by atoms with E-state index >= 15 is 0 Å². The first-order valence-electron chi connectivity index (χ1n) is 9.55. The molecule has 28 heavy (non-hydrogen) atoms. The monoisotopic (exact) mass is 382 g/mol. The Morgan fingerprint density at radius 2 is 1.93 bits per heavy atom. The van der Waals surface area contributed by atoms with Gasteiger partial charge in [-0.25, -0.2) is 0 Å². The van der Waals surface area contributed by atoms with E-state index in [2.05, 4.69) is 5.32 Å². The van der Waals surface area contributed by atoms with E-state index < -0.39 is 0 Å². The summed E-state index contributed by atoms with van der Waals surface area (Å²) in [7, 11) is 0. The highest BCUT2D eigenvalue weighted by Gasteiger charge is 2.23. The highest BCUT2D eigenvalue weighted by Crippen LogP contribution is 2.29. The van der Waals surface area contributed by atoms with Crippen molar-refractivity contribution in [1.82, 2.24) is 0 Å². The lowest BCUT2D eigenvalue weighted by Crippen LogP contribution is -2.25. The van der Waals surface area contributed by atoms with Crippen LogP contribution in [0.4, 0.5) is 11.4 Å². The van der Waals surface area contributed by atoms with Crippen LogP contribution < -0.4 is 10.2 Å². The highest BCUT2D eigenvalue weighted by atomic mass is 16.5. The molecule has 3 rings (SSSR count). The predicted molar refractivity (Wildman–Crippen MR) is 109 cm³/mol. The molecule has 2 aromatic carbocycles. The maximum Gasteiger partial charge on any atom is 0.255 e. The Balaban J connectivity index is 1.61. The van der Waals surface area contributed by atoms with Gasteiger partial charge in [-0.05, 0) is 54.8 Å². The van der Waals surface area contributed by atoms with Crippen LogP contribution in [-0.4, -0.2) is 38.2 Å². The first-order valence-corrected chi connectivity index (χ1v) is 9.55. The van der Waals surface area contributed by atoms with Gasteiger partial charge in [0.25, 0.3) is 5.91 Å². The second-order valence-corrected chi connectivity index (χ2v) is 6.67. The number of rotatable bonds is 8. The molecule has 0 spiro atoms. The summed E-state index contributed by atoms with van der Waals surface area (Å²) in [5.41, 5.74) is 4.22. The van der Waals surface area contributed by atoms with Crippen molar-refractivity contribution in [2.75, 3.05) is 36.6 Å². The van der Waals surface area contributed by atoms with Crippen molar-refractivity contribution in [3.8, 4) is 0 Å². The van der Waals surface area contributed by atoms with E-state index in [4.69, 9.17) is 9.47 Å². The lowest BCUT2D eigenvalue weighted by atomic mass is 10.1. The number of carbonyl (C=O) groups excluding carboxylic acids is 2. The fourth-order valence-corrected chi connectivity index (χ4v) is 3.26. The third-order valence-electron chi connectivity index (χ3n) is 4.65. The molecule has 0 atom stereocenters. The topological polar surface area (TPSA) is 67.9 Å². The molecule has 6 heteroatoms. The van der Waals surface area contributed by atoms with E-state index in [9.17, 15) is 9.59 Å². The van der Waals surface area contributed by atoms with E-state index in [-0.39, 0.29) is 11.8 Å². The van der Waals surface area contributed by atoms with Crippen LogP contribution in [0.15, 0.2) is 42.5 Å². The third kappa shape index (κ3) is 4.97. The minimum atomic E-state index is -0.168. The SMILES string of the molecule is CCOCCOCc1cccc(NC(=O)c2ccc3c(c2)CCN3C(C)=O)c1. The number of nitrogens with one attached hydrogen (secondary N) is 1. The number of ether oxygens (including phenoxy) is 2. The van der Waals surface area contributed by atoms with Gasteiger partial charge in [0.2, 0.25) is 5.91 Å². The summed E-state index contributed by atoms with van der Waals surface area (Å²) in [6.07, 6.45) is 0.768. The Hall–Kier alpha value is -2.70. The minimum absolute atomic E-state index is 0.0243. The third-order valence-corrected chi connectivity index (χ3v) is 4.65. The Morgan fingerprint density at radius 3 is 2.71 bits per heavy atom. The summed E-state index contributed by atoms with van der Waals surface area (Å²) in [6, 6.07) is 13.1. The van der Waals surface area contributed by atoms with E-state index in [0.29, 0.717) is 38.5 Å². The van der Waals surface area contributed by atoms with Crippen LogP contribution in [0.1, 0.15) is 35.3 Å². The summed E-state index contributed by atoms with van der Waals surface area (Å²) in [5, 5.41) is 2.93. The average molecular weight is 382 g/mol. The van der Waals surface area contributed by atoms with Crippen LogP contribution in [0.25, 0.3) is 0 Å². The van der Waals surface area contributed by atoms with Crippen LogP contribution in [0.5, 0.6) is 0 Å². The van der Waals surface area contributed by atoms with Gasteiger partial charge in [0.15, 0.2) is 0 Å². The van der Waals surface area contributed by atoms with Crippen molar-refractivity contribution < 1.29 is 19.1 Å². The zero-order valence-electron chi connectivity index (χ0n) is 16.4. The van der Waals surface area contributed by atoms with Gasteiger partial charge >= 0.3 is 0 Å². The van der Waals surface area contributed by atoms with Gasteiger partial charge in [-0.1, -0.05) is 12.1 Å². The first kappa shape index (κ1) is 20.0. The quantitative estimate of drug-likeness (QED) is 0.711. The van der Waals surface area contributed by atoms with Crippen LogP contribution in [0.3, 0.4) is 0 Å². The van der Waals surface area contributed by atoms with Crippen molar-refractivity contribution in [2.45, 2.75) is 26.9 Å². The standard InChI is InChI=1S/C22H26N2O4/c1-3-27-11-12-28-15-17-5-4-6-20(13-17)23-22(26)19-7-8-21-18(14-19)9-10-24(21)16(2)25/h4-8,13-14H,3,9-12,15H2,1-2H3,(H,23,26). The van der Waals surface area contributed by atoms with Crippen molar-refractivity contribution in [3.63, 3.8) is 0 Å². The summed E-state index contributed by atoms with van der Waals surface area (Å²) in [6.45, 7) is 6.44. The van der Waals surface area contributed by atoms with Gasteiger partial charge in [-0.15, -0.1) is 0 Å². The van der Waals surface area contributed by atoms with Gasteiger partial charge < -0.3 is 19.7 Å². The smallest absolute Gasteiger partial charge is 0.255 e. The highest BCUT2D eigenvalue weighted by molar-refractivity contribution is 6.05. The average Bonchev–Trinajstić information content (AvgIpc) is 3.11. The van der Waals surface area contributed by atoms with Crippen LogP contribution in [-0.2, 0) is 27.3 Å². The normalized spacial score (nSPS) is 12.7. The Labute approximate surface area is 165 Å². The minimum Gasteiger partial charge on any atom is -0.379 e. The summed E-state index contributed by atoms with van der Waals surface area (Å²) in [5.74, 6) is -0.144. The fourth-order valence-electron chi connectivity index (χ4n) is 3.26. The molecule has 6 nitrogen and oxygen atoms in total. The molecule has 0 aliphatic carbocycles. The molecule has 1 heterocycles. The molecule has 1 N–H and O–H groups in total. The predicted octanol–water partition coefficient (Wildman–Crippen LogP) is 3.40. The Kier molecular flexibility index (Phi) is 6.79. The maximum absolute atomic E-state index is 12.6. The van der Waals surface area contributed by atoms with Crippen LogP contribution in [0.2, 0.25) is 0 Å². The largest absolute Gasteiger partial charge is 0.379 e. The van der Waals surface area contributed by atoms with Crippen LogP contribution >= 0.6 is 0 Å². The number of fused-ring (bicyclic) bond motifs is 1. The lowest BCUT2D eigenvalue weighted by Gasteiger charge is -2.15. The van der Waals surface area contributed by atoms with E-state index in [1.807, 2.05) is 43.3 Å². The van der Waals surface area contributed by atoms with Gasteiger partial charge in [0.1, 0.15) is 0 Å². The number of hydrogen-bond donors (Lipinski definition) is 1. The molecule has 148 valence electrons. The molecule has 1 aliphatic rings. The fraction of sp³-hybridized carbons (Fsp3) is 0.364. The second-order valence-electron chi connectivity index (χ2n) is 6.67. The van der Waals surface area contributed by atoms with E-state index in [1.165, 1.54) is 0 Å². The number of benzene rings is 2. The molecule has 0 fully saturated rings. The Morgan fingerprint density at radius 1 is 1.11 bits per heavy atom. The molecule has 1 aliphatic heterocycles.